The van der Waals surface area contributed by atoms with E-state index in [1.165, 1.54) is 0 Å². The maximum Gasteiger partial charge on any atom is 0.243 e. The van der Waals surface area contributed by atoms with Gasteiger partial charge in [-0.1, -0.05) is 27.7 Å². The first-order valence-electron chi connectivity index (χ1n) is 10.2. The summed E-state index contributed by atoms with van der Waals surface area (Å²) in [7, 11) is 0. The van der Waals surface area contributed by atoms with E-state index in [1.54, 1.807) is 0 Å². The van der Waals surface area contributed by atoms with Gasteiger partial charge in [0.2, 0.25) is 24.1 Å². The highest BCUT2D eigenvalue weighted by atomic mass is 16.3. The molecular weight excluding hydrogens is 408 g/mol. The number of carbonyl (C=O) groups is 5. The number of hydrogen-bond acceptors (Lipinski definition) is 7. The number of amides is 4. The molecular formula is C20H36N4O7. The molecule has 0 radical (unpaired) electrons. The Morgan fingerprint density at radius 3 is 1.87 bits per heavy atom. The number of nitrogens with one attached hydrogen (secondary N) is 4. The van der Waals surface area contributed by atoms with Crippen molar-refractivity contribution in [3.63, 3.8) is 0 Å². The highest BCUT2D eigenvalue weighted by Gasteiger charge is 2.36. The zero-order valence-electron chi connectivity index (χ0n) is 18.9. The SMILES string of the molecule is CC(C)CC(NC(=O)CNC=O)C(=O)NCC(=O)NC(CC(C)C)C(=O)C(C)(O)CO. The van der Waals surface area contributed by atoms with Gasteiger partial charge in [0.1, 0.15) is 11.6 Å². The van der Waals surface area contributed by atoms with E-state index in [0.717, 1.165) is 6.92 Å². The third-order valence-corrected chi connectivity index (χ3v) is 4.33. The van der Waals surface area contributed by atoms with E-state index in [1.807, 2.05) is 27.7 Å². The molecule has 0 aromatic carbocycles. The van der Waals surface area contributed by atoms with Gasteiger partial charge in [0.25, 0.3) is 0 Å². The fraction of sp³-hybridized carbons (Fsp3) is 0.750. The predicted octanol–water partition coefficient (Wildman–Crippen LogP) is -1.78. The van der Waals surface area contributed by atoms with E-state index >= 15 is 0 Å². The van der Waals surface area contributed by atoms with E-state index in [0.29, 0.717) is 12.8 Å². The molecule has 0 aliphatic rings. The zero-order chi connectivity index (χ0) is 24.2. The Labute approximate surface area is 182 Å². The summed E-state index contributed by atoms with van der Waals surface area (Å²) < 4.78 is 0. The van der Waals surface area contributed by atoms with Crippen LogP contribution in [0.4, 0.5) is 0 Å². The minimum Gasteiger partial charge on any atom is -0.393 e. The molecule has 11 nitrogen and oxygen atoms in total. The van der Waals surface area contributed by atoms with E-state index in [4.69, 9.17) is 0 Å². The van der Waals surface area contributed by atoms with Crippen LogP contribution in [0.25, 0.3) is 0 Å². The van der Waals surface area contributed by atoms with Crippen molar-refractivity contribution < 1.29 is 34.2 Å². The molecule has 0 saturated carbocycles. The molecule has 6 N–H and O–H groups in total. The molecule has 0 bridgehead atoms. The molecule has 0 saturated heterocycles. The Morgan fingerprint density at radius 2 is 1.39 bits per heavy atom. The van der Waals surface area contributed by atoms with Crippen LogP contribution >= 0.6 is 0 Å². The van der Waals surface area contributed by atoms with Gasteiger partial charge in [-0.25, -0.2) is 0 Å². The van der Waals surface area contributed by atoms with Crippen LogP contribution in [0.5, 0.6) is 0 Å². The van der Waals surface area contributed by atoms with Gasteiger partial charge < -0.3 is 31.5 Å². The normalized spacial score (nSPS) is 14.9. The highest BCUT2D eigenvalue weighted by molar-refractivity contribution is 5.96. The lowest BCUT2D eigenvalue weighted by Crippen LogP contribution is -2.55. The Morgan fingerprint density at radius 1 is 0.903 bits per heavy atom. The molecule has 0 fully saturated rings. The van der Waals surface area contributed by atoms with Crippen LogP contribution in [0, 0.1) is 11.8 Å². The summed E-state index contributed by atoms with van der Waals surface area (Å²) in [6, 6.07) is -1.94. The van der Waals surface area contributed by atoms with E-state index in [-0.39, 0.29) is 24.8 Å². The first kappa shape index (κ1) is 28.5. The second kappa shape index (κ2) is 13.7. The molecule has 0 aliphatic carbocycles. The predicted molar refractivity (Wildman–Crippen MR) is 113 cm³/mol. The lowest BCUT2D eigenvalue weighted by atomic mass is 9.90. The first-order valence-corrected chi connectivity index (χ1v) is 10.2. The van der Waals surface area contributed by atoms with Crippen LogP contribution in [-0.4, -0.2) is 77.5 Å². The lowest BCUT2D eigenvalue weighted by Gasteiger charge is -2.27. The van der Waals surface area contributed by atoms with Crippen LogP contribution < -0.4 is 21.3 Å². The Bertz CT molecular complexity index is 635. The molecule has 31 heavy (non-hydrogen) atoms. The minimum atomic E-state index is -2.00. The van der Waals surface area contributed by atoms with Crippen LogP contribution in [0.1, 0.15) is 47.5 Å². The molecule has 0 aromatic heterocycles. The van der Waals surface area contributed by atoms with Gasteiger partial charge in [-0.15, -0.1) is 0 Å². The highest BCUT2D eigenvalue weighted by Crippen LogP contribution is 2.13. The number of Topliss-reactive ketones (excluding diaryl/α,β-unsaturated/α-hetero) is 1. The van der Waals surface area contributed by atoms with Crippen LogP contribution in [0.15, 0.2) is 0 Å². The van der Waals surface area contributed by atoms with Gasteiger partial charge in [0.05, 0.1) is 25.7 Å². The third kappa shape index (κ3) is 11.4. The topological polar surface area (TPSA) is 174 Å². The van der Waals surface area contributed by atoms with Crippen molar-refractivity contribution >= 4 is 29.9 Å². The number of ketones is 1. The molecule has 0 heterocycles. The molecule has 0 spiro atoms. The number of hydrogen-bond donors (Lipinski definition) is 6. The standard InChI is InChI=1S/C20H36N4O7/c1-12(2)6-14(18(29)20(5,31)10-25)23-17(28)9-22-19(30)15(7-13(3)4)24-16(27)8-21-11-26/h11-15,25,31H,6-10H2,1-5H3,(H,21,26)(H,22,30)(H,23,28)(H,24,27). The Hall–Kier alpha value is -2.53. The van der Waals surface area contributed by atoms with Gasteiger partial charge in [-0.2, -0.15) is 0 Å². The quantitative estimate of drug-likeness (QED) is 0.162. The molecule has 0 aliphatic heterocycles. The summed E-state index contributed by atoms with van der Waals surface area (Å²) in [5.74, 6) is -2.43. The second-order valence-electron chi connectivity index (χ2n) is 8.51. The van der Waals surface area contributed by atoms with Gasteiger partial charge in [0.15, 0.2) is 5.78 Å². The number of aliphatic hydroxyl groups is 2. The molecule has 3 atom stereocenters. The maximum absolute atomic E-state index is 12.5. The number of carbonyl (C=O) groups excluding carboxylic acids is 5. The molecule has 0 rings (SSSR count). The summed E-state index contributed by atoms with van der Waals surface area (Å²) in [5, 5.41) is 28.8. The van der Waals surface area contributed by atoms with Gasteiger partial charge in [0, 0.05) is 0 Å². The van der Waals surface area contributed by atoms with Crippen molar-refractivity contribution in [3.8, 4) is 0 Å². The van der Waals surface area contributed by atoms with Gasteiger partial charge in [-0.05, 0) is 31.6 Å². The fourth-order valence-corrected chi connectivity index (χ4v) is 2.77. The van der Waals surface area contributed by atoms with Crippen LogP contribution in [0.2, 0.25) is 0 Å². The second-order valence-corrected chi connectivity index (χ2v) is 8.51. The number of aliphatic hydroxyl groups excluding tert-OH is 1. The monoisotopic (exact) mass is 444 g/mol. The van der Waals surface area contributed by atoms with Gasteiger partial charge in [-0.3, -0.25) is 24.0 Å². The maximum atomic E-state index is 12.5. The Balaban J connectivity index is 5.01. The Kier molecular flexibility index (Phi) is 12.6. The van der Waals surface area contributed by atoms with Crippen molar-refractivity contribution in [1.29, 1.82) is 0 Å². The molecule has 11 heteroatoms. The summed E-state index contributed by atoms with van der Waals surface area (Å²) in [6.07, 6.45) is 0.920. The van der Waals surface area contributed by atoms with Crippen LogP contribution in [-0.2, 0) is 24.0 Å². The van der Waals surface area contributed by atoms with Crippen molar-refractivity contribution in [3.05, 3.63) is 0 Å². The van der Waals surface area contributed by atoms with E-state index in [9.17, 15) is 34.2 Å². The third-order valence-electron chi connectivity index (χ3n) is 4.33. The largest absolute Gasteiger partial charge is 0.393 e. The molecule has 178 valence electrons. The van der Waals surface area contributed by atoms with E-state index in [2.05, 4.69) is 21.3 Å². The first-order chi connectivity index (χ1) is 14.3. The minimum absolute atomic E-state index is 0.0175. The van der Waals surface area contributed by atoms with Crippen molar-refractivity contribution in [2.24, 2.45) is 11.8 Å². The molecule has 3 unspecified atom stereocenters. The summed E-state index contributed by atoms with van der Waals surface area (Å²) >= 11 is 0. The molecule has 4 amide bonds. The van der Waals surface area contributed by atoms with Crippen LogP contribution in [0.3, 0.4) is 0 Å². The average Bonchev–Trinajstić information content (AvgIpc) is 2.68. The lowest BCUT2D eigenvalue weighted by molar-refractivity contribution is -0.143. The summed E-state index contributed by atoms with van der Waals surface area (Å²) in [4.78, 5) is 59.3. The molecule has 0 aromatic rings. The zero-order valence-corrected chi connectivity index (χ0v) is 18.9. The van der Waals surface area contributed by atoms with Crippen molar-refractivity contribution in [1.82, 2.24) is 21.3 Å². The average molecular weight is 445 g/mol. The smallest absolute Gasteiger partial charge is 0.243 e. The van der Waals surface area contributed by atoms with E-state index < -0.39 is 54.3 Å². The summed E-state index contributed by atoms with van der Waals surface area (Å²) in [5.41, 5.74) is -2.00. The van der Waals surface area contributed by atoms with Crippen molar-refractivity contribution in [2.75, 3.05) is 19.7 Å². The number of rotatable bonds is 15. The van der Waals surface area contributed by atoms with Gasteiger partial charge >= 0.3 is 0 Å². The van der Waals surface area contributed by atoms with Crippen molar-refractivity contribution in [2.45, 2.75) is 65.1 Å². The fourth-order valence-electron chi connectivity index (χ4n) is 2.77. The summed E-state index contributed by atoms with van der Waals surface area (Å²) in [6.45, 7) is 7.03.